The van der Waals surface area contributed by atoms with Crippen molar-refractivity contribution in [3.8, 4) is 0 Å². The third kappa shape index (κ3) is 4.67. The summed E-state index contributed by atoms with van der Waals surface area (Å²) in [6.45, 7) is 4.25. The second-order valence-corrected chi connectivity index (χ2v) is 2.46. The van der Waals surface area contributed by atoms with Crippen molar-refractivity contribution in [3.05, 3.63) is 0 Å². The van der Waals surface area contributed by atoms with Gasteiger partial charge in [0.25, 0.3) is 0 Å². The van der Waals surface area contributed by atoms with Crippen molar-refractivity contribution >= 4 is 12.1 Å². The maximum atomic E-state index is 10.9. The lowest BCUT2D eigenvalue weighted by Crippen LogP contribution is -2.35. The Morgan fingerprint density at radius 2 is 2.27 bits per heavy atom. The smallest absolute Gasteiger partial charge is 0.146 e. The van der Waals surface area contributed by atoms with Gasteiger partial charge >= 0.3 is 0 Å². The van der Waals surface area contributed by atoms with E-state index < -0.39 is 0 Å². The van der Waals surface area contributed by atoms with Crippen molar-refractivity contribution in [3.63, 3.8) is 0 Å². The van der Waals surface area contributed by atoms with Crippen LogP contribution in [0.2, 0.25) is 0 Å². The average molecular weight is 157 g/mol. The van der Waals surface area contributed by atoms with Crippen molar-refractivity contribution < 1.29 is 9.59 Å². The van der Waals surface area contributed by atoms with E-state index in [0.717, 1.165) is 12.8 Å². The van der Waals surface area contributed by atoms with E-state index in [0.29, 0.717) is 12.8 Å². The summed E-state index contributed by atoms with van der Waals surface area (Å²) in [5.41, 5.74) is 0. The highest BCUT2D eigenvalue weighted by molar-refractivity contribution is 5.81. The van der Waals surface area contributed by atoms with Gasteiger partial charge in [0.2, 0.25) is 0 Å². The molecule has 0 rings (SSSR count). The Hall–Kier alpha value is -0.700. The standard InChI is InChI=1S/C8H15NO2/c1-3-9-8(7(2)11)5-4-6-10/h6,8-9H,3-5H2,1-2H3. The Labute approximate surface area is 67.2 Å². The minimum absolute atomic E-state index is 0.105. The average Bonchev–Trinajstić information content (AvgIpc) is 1.97. The molecule has 0 heterocycles. The van der Waals surface area contributed by atoms with Gasteiger partial charge in [-0.15, -0.1) is 0 Å². The summed E-state index contributed by atoms with van der Waals surface area (Å²) in [5.74, 6) is 0.105. The molecule has 0 aromatic heterocycles. The number of hydrogen-bond donors (Lipinski definition) is 1. The summed E-state index contributed by atoms with van der Waals surface area (Å²) < 4.78 is 0. The molecule has 0 aromatic carbocycles. The molecule has 0 aromatic rings. The monoisotopic (exact) mass is 157 g/mol. The number of aldehydes is 1. The van der Waals surface area contributed by atoms with Crippen molar-refractivity contribution in [1.29, 1.82) is 0 Å². The van der Waals surface area contributed by atoms with E-state index in [4.69, 9.17) is 0 Å². The van der Waals surface area contributed by atoms with E-state index in [1.807, 2.05) is 6.92 Å². The first kappa shape index (κ1) is 10.3. The molecule has 0 amide bonds. The van der Waals surface area contributed by atoms with E-state index in [9.17, 15) is 9.59 Å². The van der Waals surface area contributed by atoms with Gasteiger partial charge in [0.15, 0.2) is 0 Å². The zero-order valence-corrected chi connectivity index (χ0v) is 7.09. The quantitative estimate of drug-likeness (QED) is 0.572. The lowest BCUT2D eigenvalue weighted by molar-refractivity contribution is -0.119. The Bertz CT molecular complexity index is 134. The largest absolute Gasteiger partial charge is 0.308 e. The number of likely N-dealkylation sites (N-methyl/N-ethyl adjacent to an activating group) is 1. The zero-order chi connectivity index (χ0) is 8.69. The van der Waals surface area contributed by atoms with E-state index >= 15 is 0 Å². The third-order valence-electron chi connectivity index (χ3n) is 1.51. The van der Waals surface area contributed by atoms with Crippen LogP contribution >= 0.6 is 0 Å². The Morgan fingerprint density at radius 3 is 2.64 bits per heavy atom. The molecule has 0 aliphatic heterocycles. The molecule has 64 valence electrons. The molecule has 0 saturated heterocycles. The number of ketones is 1. The molecule has 1 unspecified atom stereocenters. The lowest BCUT2D eigenvalue weighted by atomic mass is 10.1. The van der Waals surface area contributed by atoms with Gasteiger partial charge in [0.05, 0.1) is 6.04 Å². The fourth-order valence-electron chi connectivity index (χ4n) is 0.930. The molecule has 0 bridgehead atoms. The van der Waals surface area contributed by atoms with Gasteiger partial charge in [0, 0.05) is 6.42 Å². The highest BCUT2D eigenvalue weighted by Crippen LogP contribution is 1.95. The fourth-order valence-corrected chi connectivity index (χ4v) is 0.930. The van der Waals surface area contributed by atoms with Crippen molar-refractivity contribution in [2.24, 2.45) is 0 Å². The minimum Gasteiger partial charge on any atom is -0.308 e. The molecule has 1 N–H and O–H groups in total. The number of Topliss-reactive ketones (excluding diaryl/α,β-unsaturated/α-hetero) is 1. The van der Waals surface area contributed by atoms with Crippen LogP contribution in [0.4, 0.5) is 0 Å². The van der Waals surface area contributed by atoms with E-state index in [1.165, 1.54) is 6.92 Å². The van der Waals surface area contributed by atoms with Gasteiger partial charge in [-0.3, -0.25) is 4.79 Å². The second kappa shape index (κ2) is 6.04. The summed E-state index contributed by atoms with van der Waals surface area (Å²) in [7, 11) is 0. The van der Waals surface area contributed by atoms with E-state index in [2.05, 4.69) is 5.32 Å². The van der Waals surface area contributed by atoms with Crippen LogP contribution < -0.4 is 5.32 Å². The van der Waals surface area contributed by atoms with E-state index in [1.54, 1.807) is 0 Å². The molecule has 11 heavy (non-hydrogen) atoms. The number of carbonyl (C=O) groups excluding carboxylic acids is 2. The topological polar surface area (TPSA) is 46.2 Å². The summed E-state index contributed by atoms with van der Waals surface area (Å²) in [5, 5.41) is 3.01. The van der Waals surface area contributed by atoms with Crippen LogP contribution in [0, 0.1) is 0 Å². The molecule has 3 heteroatoms. The van der Waals surface area contributed by atoms with Crippen LogP contribution in [0.15, 0.2) is 0 Å². The first-order valence-electron chi connectivity index (χ1n) is 3.89. The lowest BCUT2D eigenvalue weighted by Gasteiger charge is -2.11. The maximum Gasteiger partial charge on any atom is 0.146 e. The number of rotatable bonds is 6. The van der Waals surface area contributed by atoms with Crippen LogP contribution in [0.1, 0.15) is 26.7 Å². The van der Waals surface area contributed by atoms with Crippen LogP contribution in [0.5, 0.6) is 0 Å². The van der Waals surface area contributed by atoms with Crippen LogP contribution in [-0.4, -0.2) is 24.7 Å². The highest BCUT2D eigenvalue weighted by Gasteiger charge is 2.10. The number of carbonyl (C=O) groups is 2. The van der Waals surface area contributed by atoms with Gasteiger partial charge in [-0.1, -0.05) is 6.92 Å². The molecule has 1 atom stereocenters. The SMILES string of the molecule is CCNC(CCC=O)C(C)=O. The normalized spacial score (nSPS) is 12.5. The third-order valence-corrected chi connectivity index (χ3v) is 1.51. The summed E-state index contributed by atoms with van der Waals surface area (Å²) in [4.78, 5) is 20.9. The van der Waals surface area contributed by atoms with Crippen LogP contribution in [0.25, 0.3) is 0 Å². The van der Waals surface area contributed by atoms with Gasteiger partial charge < -0.3 is 10.1 Å². The van der Waals surface area contributed by atoms with Gasteiger partial charge in [-0.05, 0) is 19.9 Å². The molecular formula is C8H15NO2. The summed E-state index contributed by atoms with van der Waals surface area (Å²) in [6.07, 6.45) is 1.91. The predicted octanol–water partition coefficient (Wildman–Crippen LogP) is 0.533. The summed E-state index contributed by atoms with van der Waals surface area (Å²) in [6, 6.07) is -0.134. The van der Waals surface area contributed by atoms with Crippen molar-refractivity contribution in [1.82, 2.24) is 5.32 Å². The highest BCUT2D eigenvalue weighted by atomic mass is 16.1. The number of nitrogens with one attached hydrogen (secondary N) is 1. The Balaban J connectivity index is 3.68. The zero-order valence-electron chi connectivity index (χ0n) is 7.09. The second-order valence-electron chi connectivity index (χ2n) is 2.46. The molecule has 0 fully saturated rings. The van der Waals surface area contributed by atoms with Crippen molar-refractivity contribution in [2.75, 3.05) is 6.54 Å². The predicted molar refractivity (Wildman–Crippen MR) is 43.4 cm³/mol. The molecule has 3 nitrogen and oxygen atoms in total. The molecular weight excluding hydrogens is 142 g/mol. The molecule has 0 aliphatic carbocycles. The molecule has 0 aliphatic rings. The maximum absolute atomic E-state index is 10.9. The molecule has 0 saturated carbocycles. The fraction of sp³-hybridized carbons (Fsp3) is 0.750. The Morgan fingerprint density at radius 1 is 1.64 bits per heavy atom. The van der Waals surface area contributed by atoms with Crippen molar-refractivity contribution in [2.45, 2.75) is 32.7 Å². The van der Waals surface area contributed by atoms with Crippen LogP contribution in [-0.2, 0) is 9.59 Å². The van der Waals surface area contributed by atoms with Gasteiger partial charge in [-0.2, -0.15) is 0 Å². The molecule has 0 spiro atoms. The van der Waals surface area contributed by atoms with Crippen LogP contribution in [0.3, 0.4) is 0 Å². The van der Waals surface area contributed by atoms with Gasteiger partial charge in [-0.25, -0.2) is 0 Å². The minimum atomic E-state index is -0.134. The van der Waals surface area contributed by atoms with E-state index in [-0.39, 0.29) is 11.8 Å². The first-order chi connectivity index (χ1) is 5.22. The molecule has 0 radical (unpaired) electrons. The first-order valence-corrected chi connectivity index (χ1v) is 3.89. The number of hydrogen-bond acceptors (Lipinski definition) is 3. The summed E-state index contributed by atoms with van der Waals surface area (Å²) >= 11 is 0. The Kier molecular flexibility index (Phi) is 5.65. The van der Waals surface area contributed by atoms with Gasteiger partial charge in [0.1, 0.15) is 12.1 Å².